The Kier molecular flexibility index (Phi) is 7.18. The third-order valence-electron chi connectivity index (χ3n) is 12.6. The molecule has 248 valence electrons. The fraction of sp³-hybridized carbons (Fsp3) is 0.639. The van der Waals surface area contributed by atoms with Crippen molar-refractivity contribution >= 4 is 28.9 Å². The van der Waals surface area contributed by atoms with E-state index >= 15 is 0 Å². The molecule has 0 heterocycles. The van der Waals surface area contributed by atoms with E-state index in [1.807, 2.05) is 25.1 Å². The monoisotopic (exact) mass is 633 g/mol. The van der Waals surface area contributed by atoms with Crippen LogP contribution in [0.4, 0.5) is 5.69 Å². The maximum Gasteiger partial charge on any atom is 0.255 e. The van der Waals surface area contributed by atoms with E-state index < -0.39 is 58.0 Å². The summed E-state index contributed by atoms with van der Waals surface area (Å²) in [5.74, 6) is -3.63. The van der Waals surface area contributed by atoms with Crippen LogP contribution in [0.25, 0.3) is 5.76 Å². The van der Waals surface area contributed by atoms with Gasteiger partial charge in [0.2, 0.25) is 5.78 Å². The number of nitrogens with two attached hydrogens (primary N) is 1. The molecule has 5 fully saturated rings. The van der Waals surface area contributed by atoms with Crippen molar-refractivity contribution in [3.05, 3.63) is 39.7 Å². The van der Waals surface area contributed by atoms with Crippen LogP contribution in [-0.4, -0.2) is 82.6 Å². The molecule has 1 amide bonds. The quantitative estimate of drug-likeness (QED) is 0.282. The van der Waals surface area contributed by atoms with Crippen LogP contribution in [-0.2, 0) is 27.2 Å². The second-order valence-corrected chi connectivity index (χ2v) is 15.9. The predicted octanol–water partition coefficient (Wildman–Crippen LogP) is 3.57. The highest BCUT2D eigenvalue weighted by atomic mass is 16.3. The number of aromatic hydroxyl groups is 1. The fourth-order valence-corrected chi connectivity index (χ4v) is 11.2. The topological polar surface area (TPSA) is 165 Å². The highest BCUT2D eigenvalue weighted by Crippen LogP contribution is 2.62. The second kappa shape index (κ2) is 10.6. The zero-order chi connectivity index (χ0) is 33.0. The summed E-state index contributed by atoms with van der Waals surface area (Å²) in [4.78, 5) is 43.3. The number of fused-ring (bicyclic) bond motifs is 3. The number of hydrogen-bond donors (Lipinski definition) is 5. The Morgan fingerprint density at radius 2 is 1.59 bits per heavy atom. The van der Waals surface area contributed by atoms with Gasteiger partial charge in [0.15, 0.2) is 11.4 Å². The Labute approximate surface area is 269 Å². The Morgan fingerprint density at radius 1 is 0.978 bits per heavy atom. The average molecular weight is 634 g/mol. The van der Waals surface area contributed by atoms with Gasteiger partial charge in [0, 0.05) is 31.3 Å². The number of phenolic OH excluding ortho intramolecular Hbond substituents is 1. The van der Waals surface area contributed by atoms with E-state index in [9.17, 15) is 34.8 Å². The summed E-state index contributed by atoms with van der Waals surface area (Å²) in [6.07, 6.45) is 11.2. The zero-order valence-corrected chi connectivity index (χ0v) is 27.3. The standard InChI is InChI=1S/C36H47N3O7/c1-38(2)24-13-20(6-5-7-35-14-17-8-18(15-35)10-19(9-17)16-35)29(40)26-22(24)11-21-12-23-28(39(3)4)31(42)27(34(37)45)33(44)36(23,46)32(43)25(21)30(26)41/h13,17-19,21,23,28,40-41,44,46H,5-12,14-16H2,1-4H3,(H2,37,45)/t17?,18?,19?,21-,23-,28-,35?,36-/m0/s1. The molecule has 4 atom stereocenters. The van der Waals surface area contributed by atoms with Gasteiger partial charge in [0.05, 0.1) is 11.6 Å². The third kappa shape index (κ3) is 4.39. The number of rotatable bonds is 7. The molecular weight excluding hydrogens is 586 g/mol. The molecule has 0 unspecified atom stereocenters. The first-order chi connectivity index (χ1) is 21.7. The minimum atomic E-state index is -2.64. The van der Waals surface area contributed by atoms with Gasteiger partial charge in [-0.1, -0.05) is 0 Å². The van der Waals surface area contributed by atoms with Gasteiger partial charge in [-0.15, -0.1) is 0 Å². The lowest BCUT2D eigenvalue weighted by molar-refractivity contribution is -0.153. The van der Waals surface area contributed by atoms with Crippen molar-refractivity contribution in [1.29, 1.82) is 0 Å². The van der Waals surface area contributed by atoms with Gasteiger partial charge >= 0.3 is 0 Å². The molecular formula is C36H47N3O7. The second-order valence-electron chi connectivity index (χ2n) is 15.9. The van der Waals surface area contributed by atoms with Crippen LogP contribution in [0.15, 0.2) is 23.0 Å². The van der Waals surface area contributed by atoms with E-state index in [4.69, 9.17) is 5.73 Å². The lowest BCUT2D eigenvalue weighted by atomic mass is 9.48. The van der Waals surface area contributed by atoms with Gasteiger partial charge in [-0.25, -0.2) is 0 Å². The predicted molar refractivity (Wildman–Crippen MR) is 172 cm³/mol. The number of phenols is 1. The number of ketones is 2. The molecule has 1 aromatic rings. The van der Waals surface area contributed by atoms with E-state index in [-0.39, 0.29) is 29.7 Å². The van der Waals surface area contributed by atoms with Crippen molar-refractivity contribution in [1.82, 2.24) is 4.90 Å². The highest BCUT2D eigenvalue weighted by molar-refractivity contribution is 6.24. The zero-order valence-electron chi connectivity index (χ0n) is 27.3. The minimum absolute atomic E-state index is 0.0703. The number of likely N-dealkylation sites (N-methyl/N-ethyl adjacent to an activating group) is 1. The van der Waals surface area contributed by atoms with Gasteiger partial charge in [-0.05, 0) is 131 Å². The summed E-state index contributed by atoms with van der Waals surface area (Å²) in [5, 5.41) is 46.6. The summed E-state index contributed by atoms with van der Waals surface area (Å²) >= 11 is 0. The van der Waals surface area contributed by atoms with Crippen LogP contribution in [0.2, 0.25) is 0 Å². The molecule has 1 aromatic carbocycles. The van der Waals surface area contributed by atoms with Crippen LogP contribution < -0.4 is 10.6 Å². The van der Waals surface area contributed by atoms with Crippen molar-refractivity contribution in [3.8, 4) is 5.75 Å². The summed E-state index contributed by atoms with van der Waals surface area (Å²) in [7, 11) is 7.01. The number of carbonyl (C=O) groups is 3. The van der Waals surface area contributed by atoms with Crippen LogP contribution in [0.1, 0.15) is 74.5 Å². The maximum absolute atomic E-state index is 14.2. The third-order valence-corrected chi connectivity index (χ3v) is 12.6. The van der Waals surface area contributed by atoms with E-state index in [0.29, 0.717) is 23.0 Å². The Hall–Kier alpha value is -3.37. The average Bonchev–Trinajstić information content (AvgIpc) is 2.94. The number of anilines is 1. The van der Waals surface area contributed by atoms with E-state index in [2.05, 4.69) is 0 Å². The molecule has 0 aliphatic heterocycles. The summed E-state index contributed by atoms with van der Waals surface area (Å²) < 4.78 is 0. The first-order valence-electron chi connectivity index (χ1n) is 16.9. The number of primary amides is 1. The van der Waals surface area contributed by atoms with Crippen LogP contribution in [0.3, 0.4) is 0 Å². The highest BCUT2D eigenvalue weighted by Gasteiger charge is 2.64. The molecule has 0 aromatic heterocycles. The molecule has 0 spiro atoms. The Bertz CT molecular complexity index is 1570. The molecule has 10 heteroatoms. The lowest BCUT2D eigenvalue weighted by Gasteiger charge is -2.57. The molecule has 4 bridgehead atoms. The summed E-state index contributed by atoms with van der Waals surface area (Å²) in [5.41, 5.74) is 4.70. The number of aliphatic hydroxyl groups is 3. The number of hydrogen-bond acceptors (Lipinski definition) is 9. The Morgan fingerprint density at radius 3 is 2.13 bits per heavy atom. The largest absolute Gasteiger partial charge is 0.508 e. The molecule has 0 saturated heterocycles. The number of Topliss-reactive ketones (excluding diaryl/α,β-unsaturated/α-hetero) is 2. The van der Waals surface area contributed by atoms with Gasteiger partial charge in [-0.3, -0.25) is 19.3 Å². The minimum Gasteiger partial charge on any atom is -0.508 e. The number of aryl methyl sites for hydroxylation is 1. The molecule has 8 rings (SSSR count). The molecule has 0 radical (unpaired) electrons. The molecule has 7 aliphatic rings. The number of benzene rings is 1. The Balaban J connectivity index is 1.26. The van der Waals surface area contributed by atoms with Gasteiger partial charge < -0.3 is 31.1 Å². The van der Waals surface area contributed by atoms with Crippen molar-refractivity contribution in [2.45, 2.75) is 82.3 Å². The smallest absolute Gasteiger partial charge is 0.255 e. The molecule has 46 heavy (non-hydrogen) atoms. The van der Waals surface area contributed by atoms with Crippen LogP contribution >= 0.6 is 0 Å². The first kappa shape index (κ1) is 31.2. The summed E-state index contributed by atoms with van der Waals surface area (Å²) in [6.45, 7) is 0. The van der Waals surface area contributed by atoms with E-state index in [1.54, 1.807) is 14.1 Å². The number of carbonyl (C=O) groups excluding carboxylic acids is 3. The van der Waals surface area contributed by atoms with Gasteiger partial charge in [0.25, 0.3) is 5.91 Å². The van der Waals surface area contributed by atoms with Crippen LogP contribution in [0, 0.1) is 35.0 Å². The van der Waals surface area contributed by atoms with Crippen molar-refractivity contribution in [2.24, 2.45) is 40.7 Å². The number of amides is 1. The number of nitrogens with zero attached hydrogens (tertiary/aromatic N) is 2. The van der Waals surface area contributed by atoms with Crippen molar-refractivity contribution in [3.63, 3.8) is 0 Å². The molecule has 10 nitrogen and oxygen atoms in total. The first-order valence-corrected chi connectivity index (χ1v) is 16.9. The summed E-state index contributed by atoms with van der Waals surface area (Å²) in [6, 6.07) is 0.892. The van der Waals surface area contributed by atoms with E-state index in [0.717, 1.165) is 36.3 Å². The fourth-order valence-electron chi connectivity index (χ4n) is 11.2. The van der Waals surface area contributed by atoms with E-state index in [1.165, 1.54) is 43.4 Å². The van der Waals surface area contributed by atoms with Crippen molar-refractivity contribution in [2.75, 3.05) is 33.1 Å². The number of aliphatic hydroxyl groups excluding tert-OH is 2. The normalized spacial score (nSPS) is 36.2. The molecule has 5 saturated carbocycles. The van der Waals surface area contributed by atoms with Gasteiger partial charge in [0.1, 0.15) is 22.8 Å². The van der Waals surface area contributed by atoms with Crippen LogP contribution in [0.5, 0.6) is 5.75 Å². The van der Waals surface area contributed by atoms with Crippen molar-refractivity contribution < 1.29 is 34.8 Å². The maximum atomic E-state index is 14.2. The SMILES string of the molecule is CN(C)c1cc(CCCC23CC4CC(CC(C4)C2)C3)c(O)c2c1C[C@H]1C[C@H]3[C@H](N(C)C)C(=O)C(C(N)=O)=C(O)[C@@]3(O)C(=O)C1=C2O. The molecule has 7 aliphatic carbocycles. The lowest BCUT2D eigenvalue weighted by Crippen LogP contribution is -2.65. The van der Waals surface area contributed by atoms with Gasteiger partial charge in [-0.2, -0.15) is 0 Å². The molecule has 6 N–H and O–H groups in total.